The summed E-state index contributed by atoms with van der Waals surface area (Å²) in [5.74, 6) is 0.334. The first-order valence-corrected chi connectivity index (χ1v) is 9.81. The molecule has 0 aromatic heterocycles. The number of hydrogen-bond donors (Lipinski definition) is 0. The molecule has 1 aliphatic carbocycles. The molecular formula is C23H16BrF3O. The van der Waals surface area contributed by atoms with Crippen molar-refractivity contribution in [2.75, 3.05) is 6.61 Å². The van der Waals surface area contributed by atoms with E-state index in [0.717, 1.165) is 38.0 Å². The van der Waals surface area contributed by atoms with Gasteiger partial charge in [0.2, 0.25) is 0 Å². The number of fused-ring (bicyclic) bond motifs is 8. The fourth-order valence-electron chi connectivity index (χ4n) is 4.78. The number of rotatable bonds is 0. The number of allylic oxidation sites excluding steroid dienone is 1. The molecule has 28 heavy (non-hydrogen) atoms. The topological polar surface area (TPSA) is 9.23 Å². The minimum Gasteiger partial charge on any atom is -0.488 e. The van der Waals surface area contributed by atoms with Crippen LogP contribution in [0.4, 0.5) is 13.2 Å². The molecule has 142 valence electrons. The van der Waals surface area contributed by atoms with Crippen LogP contribution in [0.2, 0.25) is 0 Å². The number of benzene rings is 3. The highest BCUT2D eigenvalue weighted by molar-refractivity contribution is 9.10. The molecule has 3 aromatic carbocycles. The fourth-order valence-corrected chi connectivity index (χ4v) is 5.64. The summed E-state index contributed by atoms with van der Waals surface area (Å²) in [6.07, 6.45) is -3.29. The first-order chi connectivity index (χ1) is 13.2. The standard InChI is InChI=1S/C23H16BrF3O/c1-22(2)19-14(8-5-9-16(19)24)17-12-6-3-4-7-13(12)21-18(20(17)22)15(10-11-28-21)23(25,26)27/h3-10H,11H2,1-2H3. The summed E-state index contributed by atoms with van der Waals surface area (Å²) < 4.78 is 48.8. The number of halogens is 4. The van der Waals surface area contributed by atoms with Crippen LogP contribution in [-0.2, 0) is 5.41 Å². The highest BCUT2D eigenvalue weighted by Gasteiger charge is 2.47. The summed E-state index contributed by atoms with van der Waals surface area (Å²) in [6, 6.07) is 13.4. The third kappa shape index (κ3) is 2.20. The van der Waals surface area contributed by atoms with Crippen molar-refractivity contribution in [1.82, 2.24) is 0 Å². The normalized spacial score (nSPS) is 16.9. The van der Waals surface area contributed by atoms with E-state index in [-0.39, 0.29) is 12.2 Å². The van der Waals surface area contributed by atoms with Gasteiger partial charge in [0.25, 0.3) is 0 Å². The fraction of sp³-hybridized carbons (Fsp3) is 0.217. The number of alkyl halides is 3. The second-order valence-electron chi connectivity index (χ2n) is 7.71. The molecule has 3 aromatic rings. The summed E-state index contributed by atoms with van der Waals surface area (Å²) >= 11 is 3.63. The van der Waals surface area contributed by atoms with Crippen LogP contribution < -0.4 is 4.74 Å². The first kappa shape index (κ1) is 17.8. The molecular weight excluding hydrogens is 429 g/mol. The molecule has 1 aliphatic heterocycles. The lowest BCUT2D eigenvalue weighted by molar-refractivity contribution is -0.0697. The van der Waals surface area contributed by atoms with Gasteiger partial charge in [-0.05, 0) is 39.8 Å². The quantitative estimate of drug-likeness (QED) is 0.354. The van der Waals surface area contributed by atoms with E-state index in [0.29, 0.717) is 11.3 Å². The Labute approximate surface area is 169 Å². The van der Waals surface area contributed by atoms with Crippen molar-refractivity contribution in [3.8, 4) is 16.9 Å². The average molecular weight is 445 g/mol. The van der Waals surface area contributed by atoms with E-state index in [4.69, 9.17) is 4.74 Å². The predicted molar refractivity (Wildman–Crippen MR) is 109 cm³/mol. The van der Waals surface area contributed by atoms with Gasteiger partial charge in [0.1, 0.15) is 12.4 Å². The SMILES string of the molecule is CC1(C)c2c(Br)cccc2-c2c1c1c(c3ccccc23)OCC=C1C(F)(F)F. The summed E-state index contributed by atoms with van der Waals surface area (Å²) in [5.41, 5.74) is 2.51. The largest absolute Gasteiger partial charge is 0.488 e. The highest BCUT2D eigenvalue weighted by atomic mass is 79.9. The molecule has 0 N–H and O–H groups in total. The van der Waals surface area contributed by atoms with Crippen molar-refractivity contribution in [3.63, 3.8) is 0 Å². The van der Waals surface area contributed by atoms with E-state index < -0.39 is 17.2 Å². The zero-order valence-corrected chi connectivity index (χ0v) is 16.8. The van der Waals surface area contributed by atoms with Crippen LogP contribution in [0.5, 0.6) is 5.75 Å². The van der Waals surface area contributed by atoms with Gasteiger partial charge in [-0.25, -0.2) is 0 Å². The summed E-state index contributed by atoms with van der Waals surface area (Å²) in [7, 11) is 0. The molecule has 0 saturated carbocycles. The van der Waals surface area contributed by atoms with Crippen LogP contribution in [0, 0.1) is 0 Å². The van der Waals surface area contributed by atoms with Crippen molar-refractivity contribution in [1.29, 1.82) is 0 Å². The van der Waals surface area contributed by atoms with Crippen molar-refractivity contribution in [2.45, 2.75) is 25.4 Å². The van der Waals surface area contributed by atoms with Crippen molar-refractivity contribution >= 4 is 32.3 Å². The minimum atomic E-state index is -4.45. The predicted octanol–water partition coefficient (Wildman–Crippen LogP) is 7.25. The molecule has 0 atom stereocenters. The zero-order valence-electron chi connectivity index (χ0n) is 15.2. The van der Waals surface area contributed by atoms with Gasteiger partial charge in [-0.2, -0.15) is 13.2 Å². The van der Waals surface area contributed by atoms with Gasteiger partial charge in [0, 0.05) is 20.8 Å². The Morgan fingerprint density at radius 2 is 1.64 bits per heavy atom. The number of ether oxygens (including phenoxy) is 1. The molecule has 2 aliphatic rings. The molecule has 0 radical (unpaired) electrons. The van der Waals surface area contributed by atoms with Crippen LogP contribution in [-0.4, -0.2) is 12.8 Å². The Hall–Kier alpha value is -2.27. The van der Waals surface area contributed by atoms with E-state index in [1.165, 1.54) is 0 Å². The molecule has 0 bridgehead atoms. The maximum absolute atomic E-state index is 14.0. The van der Waals surface area contributed by atoms with Gasteiger partial charge in [-0.1, -0.05) is 66.2 Å². The second kappa shape index (κ2) is 5.63. The molecule has 0 spiro atoms. The number of hydrogen-bond acceptors (Lipinski definition) is 1. The summed E-state index contributed by atoms with van der Waals surface area (Å²) in [4.78, 5) is 0. The first-order valence-electron chi connectivity index (χ1n) is 9.02. The van der Waals surface area contributed by atoms with Gasteiger partial charge in [-0.15, -0.1) is 0 Å². The van der Waals surface area contributed by atoms with Crippen molar-refractivity contribution in [3.05, 3.63) is 69.7 Å². The summed E-state index contributed by atoms with van der Waals surface area (Å²) in [5, 5.41) is 1.64. The Kier molecular flexibility index (Phi) is 3.58. The van der Waals surface area contributed by atoms with E-state index in [1.807, 2.05) is 56.3 Å². The molecule has 0 fully saturated rings. The van der Waals surface area contributed by atoms with E-state index in [9.17, 15) is 13.2 Å². The van der Waals surface area contributed by atoms with E-state index in [1.54, 1.807) is 0 Å². The second-order valence-corrected chi connectivity index (χ2v) is 8.57. The summed E-state index contributed by atoms with van der Waals surface area (Å²) in [6.45, 7) is 3.89. The molecule has 5 heteroatoms. The zero-order chi connectivity index (χ0) is 19.8. The van der Waals surface area contributed by atoms with Gasteiger partial charge in [0.15, 0.2) is 0 Å². The molecule has 5 rings (SSSR count). The maximum Gasteiger partial charge on any atom is 0.416 e. The van der Waals surface area contributed by atoms with Crippen LogP contribution in [0.3, 0.4) is 0 Å². The van der Waals surface area contributed by atoms with Crippen molar-refractivity contribution in [2.24, 2.45) is 0 Å². The van der Waals surface area contributed by atoms with Crippen molar-refractivity contribution < 1.29 is 17.9 Å². The molecule has 1 heterocycles. The highest BCUT2D eigenvalue weighted by Crippen LogP contribution is 2.60. The van der Waals surface area contributed by atoms with Crippen LogP contribution in [0.1, 0.15) is 30.5 Å². The molecule has 0 amide bonds. The lowest BCUT2D eigenvalue weighted by Crippen LogP contribution is -2.24. The van der Waals surface area contributed by atoms with Gasteiger partial charge < -0.3 is 4.74 Å². The molecule has 0 unspecified atom stereocenters. The van der Waals surface area contributed by atoms with Gasteiger partial charge in [0.05, 0.1) is 5.57 Å². The lowest BCUT2D eigenvalue weighted by atomic mass is 9.77. The Balaban J connectivity index is 2.04. The monoisotopic (exact) mass is 444 g/mol. The third-order valence-electron chi connectivity index (χ3n) is 5.79. The average Bonchev–Trinajstić information content (AvgIpc) is 2.89. The molecule has 1 nitrogen and oxygen atoms in total. The van der Waals surface area contributed by atoms with Crippen LogP contribution in [0.15, 0.2) is 53.0 Å². The Bertz CT molecular complexity index is 1190. The Morgan fingerprint density at radius 3 is 2.36 bits per heavy atom. The molecule has 0 saturated heterocycles. The van der Waals surface area contributed by atoms with E-state index in [2.05, 4.69) is 15.9 Å². The third-order valence-corrected chi connectivity index (χ3v) is 6.45. The lowest BCUT2D eigenvalue weighted by Gasteiger charge is -2.31. The maximum atomic E-state index is 14.0. The Morgan fingerprint density at radius 1 is 0.929 bits per heavy atom. The smallest absolute Gasteiger partial charge is 0.416 e. The van der Waals surface area contributed by atoms with Gasteiger partial charge in [-0.3, -0.25) is 0 Å². The van der Waals surface area contributed by atoms with Gasteiger partial charge >= 0.3 is 6.18 Å². The van der Waals surface area contributed by atoms with E-state index >= 15 is 0 Å². The van der Waals surface area contributed by atoms with Crippen LogP contribution >= 0.6 is 15.9 Å². The van der Waals surface area contributed by atoms with Crippen LogP contribution in [0.25, 0.3) is 27.5 Å². The minimum absolute atomic E-state index is 0.0817.